The lowest BCUT2D eigenvalue weighted by atomic mass is 10.1. The molecule has 0 radical (unpaired) electrons. The van der Waals surface area contributed by atoms with Crippen LogP contribution in [0.5, 0.6) is 5.75 Å². The van der Waals surface area contributed by atoms with Crippen LogP contribution in [0.25, 0.3) is 11.1 Å². The van der Waals surface area contributed by atoms with Gasteiger partial charge in [0, 0.05) is 24.6 Å². The minimum absolute atomic E-state index is 0.245. The van der Waals surface area contributed by atoms with Gasteiger partial charge in [0.15, 0.2) is 0 Å². The van der Waals surface area contributed by atoms with Gasteiger partial charge in [0.2, 0.25) is 0 Å². The molecule has 0 atom stereocenters. The maximum atomic E-state index is 12.0. The number of carbonyl (C=O) groups excluding carboxylic acids is 1. The molecule has 2 aromatic carbocycles. The number of benzene rings is 2. The summed E-state index contributed by atoms with van der Waals surface area (Å²) in [5, 5.41) is 5.65. The molecule has 2 amide bonds. The molecule has 5 nitrogen and oxygen atoms in total. The van der Waals surface area contributed by atoms with Crippen molar-refractivity contribution < 1.29 is 9.53 Å². The van der Waals surface area contributed by atoms with E-state index in [1.165, 1.54) is 0 Å². The second-order valence-corrected chi connectivity index (χ2v) is 5.47. The number of methoxy groups -OCH3 is 1. The number of hydrogen-bond acceptors (Lipinski definition) is 3. The molecule has 0 aliphatic carbocycles. The topological polar surface area (TPSA) is 63.2 Å². The van der Waals surface area contributed by atoms with Crippen molar-refractivity contribution in [2.45, 2.75) is 6.54 Å². The van der Waals surface area contributed by atoms with E-state index in [-0.39, 0.29) is 6.03 Å². The minimum atomic E-state index is -0.245. The van der Waals surface area contributed by atoms with Gasteiger partial charge in [0.25, 0.3) is 0 Å². The number of nitrogens with zero attached hydrogens (tertiary/aromatic N) is 1. The van der Waals surface area contributed by atoms with Crippen LogP contribution in [-0.4, -0.2) is 18.1 Å². The fourth-order valence-corrected chi connectivity index (χ4v) is 2.38. The lowest BCUT2D eigenvalue weighted by Crippen LogP contribution is -2.28. The van der Waals surface area contributed by atoms with Crippen molar-refractivity contribution in [2.75, 3.05) is 12.4 Å². The third-order valence-corrected chi connectivity index (χ3v) is 3.75. The third-order valence-electron chi connectivity index (χ3n) is 3.75. The Balaban J connectivity index is 1.54. The van der Waals surface area contributed by atoms with E-state index in [0.717, 1.165) is 28.1 Å². The second kappa shape index (κ2) is 7.97. The maximum Gasteiger partial charge on any atom is 0.319 e. The molecule has 0 fully saturated rings. The molecular weight excluding hydrogens is 314 g/mol. The van der Waals surface area contributed by atoms with Crippen LogP contribution in [0.2, 0.25) is 0 Å². The molecule has 0 aliphatic heterocycles. The molecule has 0 aliphatic rings. The lowest BCUT2D eigenvalue weighted by Gasteiger charge is -2.09. The summed E-state index contributed by atoms with van der Waals surface area (Å²) in [6, 6.07) is 18.9. The highest BCUT2D eigenvalue weighted by atomic mass is 16.5. The molecule has 3 rings (SSSR count). The van der Waals surface area contributed by atoms with Crippen LogP contribution >= 0.6 is 0 Å². The number of hydrogen-bond donors (Lipinski definition) is 2. The zero-order chi connectivity index (χ0) is 17.5. The highest BCUT2D eigenvalue weighted by molar-refractivity contribution is 5.89. The quantitative estimate of drug-likeness (QED) is 0.739. The maximum absolute atomic E-state index is 12.0. The van der Waals surface area contributed by atoms with E-state index in [1.807, 2.05) is 66.9 Å². The summed E-state index contributed by atoms with van der Waals surface area (Å²) in [6.45, 7) is 0.448. The normalized spacial score (nSPS) is 10.1. The molecule has 2 N–H and O–H groups in total. The number of rotatable bonds is 5. The summed E-state index contributed by atoms with van der Waals surface area (Å²) in [7, 11) is 1.63. The van der Waals surface area contributed by atoms with E-state index in [1.54, 1.807) is 13.3 Å². The van der Waals surface area contributed by atoms with Gasteiger partial charge in [-0.25, -0.2) is 4.79 Å². The number of aromatic nitrogens is 1. The van der Waals surface area contributed by atoms with Crippen LogP contribution in [0.1, 0.15) is 5.56 Å². The van der Waals surface area contributed by atoms with Gasteiger partial charge in [-0.2, -0.15) is 0 Å². The zero-order valence-corrected chi connectivity index (χ0v) is 13.9. The molecule has 25 heavy (non-hydrogen) atoms. The Morgan fingerprint density at radius 1 is 1.00 bits per heavy atom. The van der Waals surface area contributed by atoms with Crippen molar-refractivity contribution in [1.82, 2.24) is 10.3 Å². The molecule has 0 unspecified atom stereocenters. The molecule has 3 aromatic rings. The Morgan fingerprint density at radius 3 is 2.40 bits per heavy atom. The van der Waals surface area contributed by atoms with Crippen LogP contribution in [0.3, 0.4) is 0 Å². The first-order valence-corrected chi connectivity index (χ1v) is 7.93. The summed E-state index contributed by atoms with van der Waals surface area (Å²) in [5.74, 6) is 0.793. The largest absolute Gasteiger partial charge is 0.497 e. The monoisotopic (exact) mass is 333 g/mol. The van der Waals surface area contributed by atoms with E-state index < -0.39 is 0 Å². The Morgan fingerprint density at radius 2 is 1.76 bits per heavy atom. The van der Waals surface area contributed by atoms with E-state index in [0.29, 0.717) is 6.54 Å². The predicted molar refractivity (Wildman–Crippen MR) is 98.5 cm³/mol. The van der Waals surface area contributed by atoms with Crippen LogP contribution in [0, 0.1) is 0 Å². The van der Waals surface area contributed by atoms with Crippen molar-refractivity contribution in [2.24, 2.45) is 0 Å². The van der Waals surface area contributed by atoms with Crippen molar-refractivity contribution in [3.05, 3.63) is 78.6 Å². The van der Waals surface area contributed by atoms with Gasteiger partial charge < -0.3 is 15.4 Å². The number of nitrogens with one attached hydrogen (secondary N) is 2. The second-order valence-electron chi connectivity index (χ2n) is 5.47. The standard InChI is InChI=1S/C20H19N3O2/c1-25-19-10-4-15(5-11-19)13-22-20(24)23-18-8-6-16(7-9-18)17-3-2-12-21-14-17/h2-12,14H,13H2,1H3,(H2,22,23,24). The SMILES string of the molecule is COc1ccc(CNC(=O)Nc2ccc(-c3cccnc3)cc2)cc1. The average Bonchev–Trinajstić information content (AvgIpc) is 2.68. The predicted octanol–water partition coefficient (Wildman–Crippen LogP) is 4.08. The number of anilines is 1. The van der Waals surface area contributed by atoms with Crippen LogP contribution in [0.15, 0.2) is 73.1 Å². The molecule has 0 saturated heterocycles. The van der Waals surface area contributed by atoms with E-state index in [4.69, 9.17) is 4.74 Å². The molecule has 126 valence electrons. The van der Waals surface area contributed by atoms with Crippen molar-refractivity contribution in [1.29, 1.82) is 0 Å². The molecule has 0 bridgehead atoms. The fourth-order valence-electron chi connectivity index (χ4n) is 2.38. The van der Waals surface area contributed by atoms with Crippen molar-refractivity contribution >= 4 is 11.7 Å². The third kappa shape index (κ3) is 4.57. The Kier molecular flexibility index (Phi) is 5.26. The summed E-state index contributed by atoms with van der Waals surface area (Å²) >= 11 is 0. The number of amides is 2. The van der Waals surface area contributed by atoms with Crippen LogP contribution in [-0.2, 0) is 6.54 Å². The summed E-state index contributed by atoms with van der Waals surface area (Å²) in [5.41, 5.74) is 3.83. The highest BCUT2D eigenvalue weighted by Crippen LogP contribution is 2.20. The van der Waals surface area contributed by atoms with Gasteiger partial charge in [-0.1, -0.05) is 30.3 Å². The summed E-state index contributed by atoms with van der Waals surface area (Å²) in [4.78, 5) is 16.1. The number of ether oxygens (including phenoxy) is 1. The van der Waals surface area contributed by atoms with Gasteiger partial charge in [-0.3, -0.25) is 4.98 Å². The van der Waals surface area contributed by atoms with Gasteiger partial charge in [0.05, 0.1) is 7.11 Å². The Bertz CT molecular complexity index is 816. The van der Waals surface area contributed by atoms with Gasteiger partial charge >= 0.3 is 6.03 Å². The first kappa shape index (κ1) is 16.5. The smallest absolute Gasteiger partial charge is 0.319 e. The van der Waals surface area contributed by atoms with E-state index in [9.17, 15) is 4.79 Å². The number of carbonyl (C=O) groups is 1. The van der Waals surface area contributed by atoms with Gasteiger partial charge in [-0.15, -0.1) is 0 Å². The summed E-state index contributed by atoms with van der Waals surface area (Å²) < 4.78 is 5.11. The fraction of sp³-hybridized carbons (Fsp3) is 0.100. The zero-order valence-electron chi connectivity index (χ0n) is 13.9. The molecule has 0 spiro atoms. The molecular formula is C20H19N3O2. The molecule has 1 heterocycles. The van der Waals surface area contributed by atoms with Gasteiger partial charge in [-0.05, 0) is 47.0 Å². The van der Waals surface area contributed by atoms with Crippen molar-refractivity contribution in [3.63, 3.8) is 0 Å². The number of urea groups is 1. The van der Waals surface area contributed by atoms with Gasteiger partial charge in [0.1, 0.15) is 5.75 Å². The van der Waals surface area contributed by atoms with Crippen molar-refractivity contribution in [3.8, 4) is 16.9 Å². The van der Waals surface area contributed by atoms with E-state index >= 15 is 0 Å². The molecule has 5 heteroatoms. The Labute approximate surface area is 146 Å². The first-order chi connectivity index (χ1) is 12.2. The minimum Gasteiger partial charge on any atom is -0.497 e. The Hall–Kier alpha value is -3.34. The molecule has 1 aromatic heterocycles. The summed E-state index contributed by atoms with van der Waals surface area (Å²) in [6.07, 6.45) is 3.55. The molecule has 0 saturated carbocycles. The van der Waals surface area contributed by atoms with E-state index in [2.05, 4.69) is 15.6 Å². The first-order valence-electron chi connectivity index (χ1n) is 7.93. The average molecular weight is 333 g/mol. The van der Waals surface area contributed by atoms with Crippen LogP contribution < -0.4 is 15.4 Å². The number of pyridine rings is 1. The van der Waals surface area contributed by atoms with Crippen LogP contribution in [0.4, 0.5) is 10.5 Å². The highest BCUT2D eigenvalue weighted by Gasteiger charge is 2.03. The lowest BCUT2D eigenvalue weighted by molar-refractivity contribution is 0.251.